The van der Waals surface area contributed by atoms with Crippen LogP contribution in [0.25, 0.3) is 0 Å². The topological polar surface area (TPSA) is 76.2 Å². The predicted octanol–water partition coefficient (Wildman–Crippen LogP) is 2.12. The molecule has 1 heterocycles. The number of alkyl halides is 3. The van der Waals surface area contributed by atoms with E-state index in [1.807, 2.05) is 0 Å². The molecular formula is C9H9BrF2N2O2. The van der Waals surface area contributed by atoms with Crippen molar-refractivity contribution in [1.29, 1.82) is 0 Å². The zero-order valence-corrected chi connectivity index (χ0v) is 9.67. The summed E-state index contributed by atoms with van der Waals surface area (Å²) < 4.78 is 25.0. The summed E-state index contributed by atoms with van der Waals surface area (Å²) in [6.07, 6.45) is -2.14. The van der Waals surface area contributed by atoms with Crippen LogP contribution in [0.3, 0.4) is 0 Å². The molecule has 1 rings (SSSR count). The predicted molar refractivity (Wildman–Crippen MR) is 57.6 cm³/mol. The minimum absolute atomic E-state index is 0.0990. The van der Waals surface area contributed by atoms with Crippen molar-refractivity contribution in [1.82, 2.24) is 4.98 Å². The summed E-state index contributed by atoms with van der Waals surface area (Å²) in [7, 11) is 0. The van der Waals surface area contributed by atoms with Gasteiger partial charge in [-0.15, -0.1) is 0 Å². The molecule has 88 valence electrons. The Bertz CT molecular complexity index is 413. The van der Waals surface area contributed by atoms with E-state index >= 15 is 0 Å². The fraction of sp³-hybridized carbons (Fsp3) is 0.333. The van der Waals surface area contributed by atoms with E-state index in [0.717, 1.165) is 6.20 Å². The van der Waals surface area contributed by atoms with Gasteiger partial charge in [-0.3, -0.25) is 9.78 Å². The van der Waals surface area contributed by atoms with Gasteiger partial charge >= 0.3 is 5.97 Å². The molecule has 16 heavy (non-hydrogen) atoms. The number of carboxylic acids is 1. The number of nitrogen functional groups attached to an aromatic ring is 1. The molecule has 0 bridgehead atoms. The highest BCUT2D eigenvalue weighted by atomic mass is 79.9. The lowest BCUT2D eigenvalue weighted by molar-refractivity contribution is -0.136. The molecule has 1 aromatic rings. The van der Waals surface area contributed by atoms with Gasteiger partial charge < -0.3 is 10.8 Å². The van der Waals surface area contributed by atoms with Crippen LogP contribution in [0.2, 0.25) is 0 Å². The van der Waals surface area contributed by atoms with Crippen molar-refractivity contribution < 1.29 is 18.7 Å². The molecule has 0 atom stereocenters. The zero-order chi connectivity index (χ0) is 12.3. The van der Waals surface area contributed by atoms with Crippen molar-refractivity contribution >= 4 is 27.6 Å². The van der Waals surface area contributed by atoms with Crippen molar-refractivity contribution in [3.8, 4) is 0 Å². The molecule has 0 aromatic carbocycles. The molecule has 0 aliphatic rings. The maximum Gasteiger partial charge on any atom is 0.309 e. The third kappa shape index (κ3) is 2.66. The maximum atomic E-state index is 12.5. The average molecular weight is 295 g/mol. The number of pyridine rings is 1. The largest absolute Gasteiger partial charge is 0.481 e. The fourth-order valence-corrected chi connectivity index (χ4v) is 1.87. The molecule has 4 nitrogen and oxygen atoms in total. The van der Waals surface area contributed by atoms with Crippen LogP contribution in [0, 0.1) is 0 Å². The molecule has 0 amide bonds. The van der Waals surface area contributed by atoms with Crippen LogP contribution >= 0.6 is 15.9 Å². The van der Waals surface area contributed by atoms with Crippen LogP contribution in [-0.4, -0.2) is 16.1 Å². The lowest BCUT2D eigenvalue weighted by Crippen LogP contribution is -2.10. The van der Waals surface area contributed by atoms with E-state index in [1.165, 1.54) is 0 Å². The SMILES string of the molecule is Nc1c(C(F)F)cnc(CC(=O)O)c1CBr. The first-order valence-electron chi connectivity index (χ1n) is 4.29. The number of anilines is 1. The van der Waals surface area contributed by atoms with Gasteiger partial charge in [-0.05, 0) is 0 Å². The highest BCUT2D eigenvalue weighted by Gasteiger charge is 2.18. The van der Waals surface area contributed by atoms with E-state index in [4.69, 9.17) is 10.8 Å². The van der Waals surface area contributed by atoms with Crippen LogP contribution in [0.4, 0.5) is 14.5 Å². The second kappa shape index (κ2) is 5.20. The summed E-state index contributed by atoms with van der Waals surface area (Å²) in [6.45, 7) is 0. The number of nitrogens with two attached hydrogens (primary N) is 1. The molecule has 0 aliphatic heterocycles. The number of hydrogen-bond acceptors (Lipinski definition) is 3. The maximum absolute atomic E-state index is 12.5. The summed E-state index contributed by atoms with van der Waals surface area (Å²) in [6, 6.07) is 0. The fourth-order valence-electron chi connectivity index (χ4n) is 1.24. The smallest absolute Gasteiger partial charge is 0.309 e. The van der Waals surface area contributed by atoms with Crippen molar-refractivity contribution in [3.05, 3.63) is 23.0 Å². The number of rotatable bonds is 4. The number of aromatic nitrogens is 1. The van der Waals surface area contributed by atoms with E-state index in [-0.39, 0.29) is 28.7 Å². The van der Waals surface area contributed by atoms with Gasteiger partial charge in [0.15, 0.2) is 0 Å². The highest BCUT2D eigenvalue weighted by molar-refractivity contribution is 9.08. The molecule has 0 saturated heterocycles. The van der Waals surface area contributed by atoms with Crippen molar-refractivity contribution in [2.24, 2.45) is 0 Å². The number of carbonyl (C=O) groups is 1. The Balaban J connectivity index is 3.23. The summed E-state index contributed by atoms with van der Waals surface area (Å²) in [5.74, 6) is -1.08. The third-order valence-corrected chi connectivity index (χ3v) is 2.59. The van der Waals surface area contributed by atoms with E-state index in [1.54, 1.807) is 0 Å². The summed E-state index contributed by atoms with van der Waals surface area (Å²) in [5, 5.41) is 8.80. The Hall–Kier alpha value is -1.24. The first-order chi connectivity index (χ1) is 7.47. The lowest BCUT2D eigenvalue weighted by atomic mass is 10.1. The Labute approximate surface area is 98.6 Å². The van der Waals surface area contributed by atoms with Crippen molar-refractivity contribution in [2.75, 3.05) is 5.73 Å². The van der Waals surface area contributed by atoms with Gasteiger partial charge in [-0.1, -0.05) is 15.9 Å². The minimum atomic E-state index is -2.72. The van der Waals surface area contributed by atoms with E-state index < -0.39 is 12.4 Å². The molecular weight excluding hydrogens is 286 g/mol. The first-order valence-corrected chi connectivity index (χ1v) is 5.41. The van der Waals surface area contributed by atoms with Gasteiger partial charge in [0.05, 0.1) is 17.7 Å². The second-order valence-corrected chi connectivity index (χ2v) is 3.62. The Kier molecular flexibility index (Phi) is 4.17. The van der Waals surface area contributed by atoms with Gasteiger partial charge in [0, 0.05) is 22.8 Å². The van der Waals surface area contributed by atoms with E-state index in [9.17, 15) is 13.6 Å². The molecule has 0 spiro atoms. The molecule has 0 saturated carbocycles. The van der Waals surface area contributed by atoms with Gasteiger partial charge in [0.2, 0.25) is 0 Å². The Morgan fingerprint density at radius 1 is 1.62 bits per heavy atom. The van der Waals surface area contributed by atoms with Gasteiger partial charge in [0.25, 0.3) is 6.43 Å². The quantitative estimate of drug-likeness (QED) is 0.834. The molecule has 7 heteroatoms. The summed E-state index contributed by atoms with van der Waals surface area (Å²) >= 11 is 3.07. The first kappa shape index (κ1) is 12.8. The van der Waals surface area contributed by atoms with Crippen LogP contribution < -0.4 is 5.73 Å². The molecule has 0 radical (unpaired) electrons. The molecule has 3 N–H and O–H groups in total. The summed E-state index contributed by atoms with van der Waals surface area (Å²) in [4.78, 5) is 14.2. The normalized spacial score (nSPS) is 10.8. The van der Waals surface area contributed by atoms with Crippen molar-refractivity contribution in [3.63, 3.8) is 0 Å². The third-order valence-electron chi connectivity index (χ3n) is 2.03. The number of hydrogen-bond donors (Lipinski definition) is 2. The number of nitrogens with zero attached hydrogens (tertiary/aromatic N) is 1. The van der Waals surface area contributed by atoms with Crippen LogP contribution in [-0.2, 0) is 16.5 Å². The average Bonchev–Trinajstić information content (AvgIpc) is 2.16. The van der Waals surface area contributed by atoms with Gasteiger partial charge in [0.1, 0.15) is 0 Å². The standard InChI is InChI=1S/C9H9BrF2N2O2/c10-2-4-6(1-7(15)16)14-3-5(8(4)13)9(11)12/h3,9H,1-2H2,(H2,13,14)(H,15,16). The molecule has 0 aliphatic carbocycles. The zero-order valence-electron chi connectivity index (χ0n) is 8.08. The molecule has 0 fully saturated rings. The van der Waals surface area contributed by atoms with Crippen LogP contribution in [0.15, 0.2) is 6.20 Å². The van der Waals surface area contributed by atoms with Crippen LogP contribution in [0.5, 0.6) is 0 Å². The summed E-state index contributed by atoms with van der Waals surface area (Å²) in [5.41, 5.74) is 5.56. The van der Waals surface area contributed by atoms with E-state index in [2.05, 4.69) is 20.9 Å². The number of halogens is 3. The molecule has 0 unspecified atom stereocenters. The Morgan fingerprint density at radius 3 is 2.69 bits per heavy atom. The van der Waals surface area contributed by atoms with Crippen LogP contribution in [0.1, 0.15) is 23.2 Å². The minimum Gasteiger partial charge on any atom is -0.481 e. The second-order valence-electron chi connectivity index (χ2n) is 3.06. The number of carboxylic acid groups (broad SMARTS) is 1. The van der Waals surface area contributed by atoms with E-state index in [0.29, 0.717) is 5.56 Å². The van der Waals surface area contributed by atoms with Gasteiger partial charge in [-0.25, -0.2) is 8.78 Å². The lowest BCUT2D eigenvalue weighted by Gasteiger charge is -2.11. The van der Waals surface area contributed by atoms with Crippen molar-refractivity contribution in [2.45, 2.75) is 18.2 Å². The number of aliphatic carboxylic acids is 1. The van der Waals surface area contributed by atoms with Gasteiger partial charge in [-0.2, -0.15) is 0 Å². The Morgan fingerprint density at radius 2 is 2.25 bits per heavy atom. The highest BCUT2D eigenvalue weighted by Crippen LogP contribution is 2.29. The molecule has 1 aromatic heterocycles. The monoisotopic (exact) mass is 294 g/mol.